The molecular weight excluding hydrogens is 170 g/mol. The van der Waals surface area contributed by atoms with E-state index >= 15 is 0 Å². The lowest BCUT2D eigenvalue weighted by atomic mass is 10.3. The van der Waals surface area contributed by atoms with Gasteiger partial charge in [0.1, 0.15) is 5.15 Å². The second-order valence-corrected chi connectivity index (χ2v) is 2.47. The minimum Gasteiger partial charge on any atom is -0.282 e. The number of rotatable bonds is 1. The predicted molar refractivity (Wildman–Crippen MR) is 42.6 cm³/mol. The maximum absolute atomic E-state index is 10.6. The van der Waals surface area contributed by atoms with Crippen LogP contribution < -0.4 is 0 Å². The molecule has 1 aromatic rings. The summed E-state index contributed by atoms with van der Waals surface area (Å²) in [7, 11) is 0. The summed E-state index contributed by atoms with van der Waals surface area (Å²) in [6, 6.07) is 3.03. The Morgan fingerprint density at radius 1 is 1.70 bits per heavy atom. The van der Waals surface area contributed by atoms with Crippen molar-refractivity contribution in [1.29, 1.82) is 0 Å². The summed E-state index contributed by atoms with van der Waals surface area (Å²) in [5.74, 6) is 0. The van der Waals surface area contributed by atoms with Crippen molar-refractivity contribution in [1.82, 2.24) is 4.98 Å². The molecule has 0 aliphatic heterocycles. The number of nitrogens with zero attached hydrogens (tertiary/aromatic N) is 1. The van der Waals surface area contributed by atoms with E-state index in [4.69, 9.17) is 11.6 Å². The van der Waals surface area contributed by atoms with E-state index in [2.05, 4.69) is 17.6 Å². The van der Waals surface area contributed by atoms with Gasteiger partial charge in [-0.2, -0.15) is 0 Å². The molecule has 1 rings (SSSR count). The van der Waals surface area contributed by atoms with Crippen LogP contribution in [0.25, 0.3) is 0 Å². The summed E-state index contributed by atoms with van der Waals surface area (Å²) in [5, 5.41) is 0.00389. The van der Waals surface area contributed by atoms with Crippen LogP contribution in [0.2, 0.25) is 5.15 Å². The van der Waals surface area contributed by atoms with Gasteiger partial charge in [0.25, 0.3) is 0 Å². The molecule has 0 aromatic carbocycles. The van der Waals surface area contributed by atoms with E-state index in [1.165, 1.54) is 12.3 Å². The fourth-order valence-corrected chi connectivity index (χ4v) is 0.848. The van der Waals surface area contributed by atoms with Crippen LogP contribution in [0.4, 0.5) is 0 Å². The number of carbonyl (C=O) groups excluding carboxylic acids is 1. The molecule has 0 saturated heterocycles. The minimum atomic E-state index is -0.302. The summed E-state index contributed by atoms with van der Waals surface area (Å²) in [6.07, 6.45) is 1.46. The highest BCUT2D eigenvalue weighted by Gasteiger charge is 1.98. The molecule has 0 N–H and O–H groups in total. The highest BCUT2D eigenvalue weighted by molar-refractivity contribution is 7.97. The third kappa shape index (κ3) is 1.72. The molecule has 1 aromatic heterocycles. The smallest absolute Gasteiger partial charge is 0.216 e. The molecule has 10 heavy (non-hydrogen) atoms. The normalized spacial score (nSPS) is 9.40. The molecule has 0 atom stereocenters. The summed E-state index contributed by atoms with van der Waals surface area (Å²) in [4.78, 5) is 14.3. The topological polar surface area (TPSA) is 30.0 Å². The van der Waals surface area contributed by atoms with Gasteiger partial charge in [-0.25, -0.2) is 4.98 Å². The lowest BCUT2D eigenvalue weighted by Gasteiger charge is -1.91. The lowest BCUT2D eigenvalue weighted by Crippen LogP contribution is -1.88. The van der Waals surface area contributed by atoms with E-state index in [1.807, 2.05) is 0 Å². The Morgan fingerprint density at radius 2 is 2.40 bits per heavy atom. The average molecular weight is 174 g/mol. The first kappa shape index (κ1) is 7.57. The average Bonchev–Trinajstić information content (AvgIpc) is 1.88. The number of carbonyl (C=O) groups is 1. The maximum atomic E-state index is 10.6. The summed E-state index contributed by atoms with van der Waals surface area (Å²) < 4.78 is 0. The van der Waals surface area contributed by atoms with E-state index in [1.54, 1.807) is 6.07 Å². The van der Waals surface area contributed by atoms with Gasteiger partial charge in [-0.15, -0.1) is 12.6 Å². The van der Waals surface area contributed by atoms with E-state index in [0.29, 0.717) is 10.7 Å². The van der Waals surface area contributed by atoms with Gasteiger partial charge in [0.2, 0.25) is 5.12 Å². The van der Waals surface area contributed by atoms with Gasteiger partial charge < -0.3 is 0 Å². The van der Waals surface area contributed by atoms with Gasteiger partial charge in [0, 0.05) is 11.8 Å². The van der Waals surface area contributed by atoms with Gasteiger partial charge >= 0.3 is 0 Å². The number of halogens is 1. The highest BCUT2D eigenvalue weighted by Crippen LogP contribution is 2.08. The van der Waals surface area contributed by atoms with Crippen molar-refractivity contribution >= 4 is 29.3 Å². The van der Waals surface area contributed by atoms with E-state index in [9.17, 15) is 4.79 Å². The van der Waals surface area contributed by atoms with Crippen molar-refractivity contribution in [2.45, 2.75) is 0 Å². The van der Waals surface area contributed by atoms with Gasteiger partial charge in [-0.05, 0) is 12.1 Å². The van der Waals surface area contributed by atoms with Crippen LogP contribution in [0.15, 0.2) is 18.3 Å². The van der Waals surface area contributed by atoms with Crippen molar-refractivity contribution in [2.75, 3.05) is 0 Å². The number of aromatic nitrogens is 1. The Balaban J connectivity index is 3.07. The lowest BCUT2D eigenvalue weighted by molar-refractivity contribution is 0.109. The van der Waals surface area contributed by atoms with Crippen molar-refractivity contribution in [3.63, 3.8) is 0 Å². The number of hydrogen-bond acceptors (Lipinski definition) is 2. The molecule has 1 heterocycles. The zero-order valence-corrected chi connectivity index (χ0v) is 6.56. The third-order valence-electron chi connectivity index (χ3n) is 0.974. The Hall–Kier alpha value is -0.540. The highest BCUT2D eigenvalue weighted by atomic mass is 35.5. The van der Waals surface area contributed by atoms with Crippen LogP contribution in [0, 0.1) is 0 Å². The predicted octanol–water partition coefficient (Wildman–Crippen LogP) is 1.80. The molecule has 0 unspecified atom stereocenters. The SMILES string of the molecule is O=C(S)c1ccnc(Cl)c1. The Bertz CT molecular complexity index is 264. The van der Waals surface area contributed by atoms with Gasteiger partial charge in [0.05, 0.1) is 0 Å². The fourth-order valence-electron chi connectivity index (χ4n) is 0.535. The van der Waals surface area contributed by atoms with Crippen LogP contribution in [-0.2, 0) is 0 Å². The molecule has 4 heteroatoms. The van der Waals surface area contributed by atoms with Crippen LogP contribution in [-0.4, -0.2) is 10.1 Å². The largest absolute Gasteiger partial charge is 0.282 e. The number of pyridine rings is 1. The van der Waals surface area contributed by atoms with Crippen LogP contribution in [0.5, 0.6) is 0 Å². The quantitative estimate of drug-likeness (QED) is 0.519. The van der Waals surface area contributed by atoms with Crippen molar-refractivity contribution in [3.8, 4) is 0 Å². The molecule has 0 amide bonds. The summed E-state index contributed by atoms with van der Waals surface area (Å²) in [5.41, 5.74) is 0.461. The van der Waals surface area contributed by atoms with E-state index in [0.717, 1.165) is 0 Å². The van der Waals surface area contributed by atoms with Crippen LogP contribution >= 0.6 is 24.2 Å². The molecule has 0 aliphatic carbocycles. The molecule has 2 nitrogen and oxygen atoms in total. The summed E-state index contributed by atoms with van der Waals surface area (Å²) in [6.45, 7) is 0. The van der Waals surface area contributed by atoms with Gasteiger partial charge in [0.15, 0.2) is 0 Å². The van der Waals surface area contributed by atoms with Crippen LogP contribution in [0.3, 0.4) is 0 Å². The molecule has 0 saturated carbocycles. The molecule has 0 bridgehead atoms. The van der Waals surface area contributed by atoms with E-state index < -0.39 is 0 Å². The molecule has 0 fully saturated rings. The molecule has 0 aliphatic rings. The van der Waals surface area contributed by atoms with Gasteiger partial charge in [-0.1, -0.05) is 11.6 Å². The van der Waals surface area contributed by atoms with E-state index in [-0.39, 0.29) is 5.12 Å². The number of thiol groups is 1. The molecular formula is C6H4ClNOS. The Labute approximate surface area is 68.6 Å². The second-order valence-electron chi connectivity index (χ2n) is 1.67. The van der Waals surface area contributed by atoms with Gasteiger partial charge in [-0.3, -0.25) is 4.79 Å². The standard InChI is InChI=1S/C6H4ClNOS/c7-5-3-4(6(9)10)1-2-8-5/h1-3H,(H,9,10). The molecule has 52 valence electrons. The van der Waals surface area contributed by atoms with Crippen molar-refractivity contribution < 1.29 is 4.79 Å². The molecule has 0 radical (unpaired) electrons. The fraction of sp³-hybridized carbons (Fsp3) is 0. The monoisotopic (exact) mass is 173 g/mol. The first-order valence-corrected chi connectivity index (χ1v) is 3.37. The molecule has 0 spiro atoms. The second kappa shape index (κ2) is 3.03. The minimum absolute atomic E-state index is 0.302. The third-order valence-corrected chi connectivity index (χ3v) is 1.44. The summed E-state index contributed by atoms with van der Waals surface area (Å²) >= 11 is 9.10. The number of hydrogen-bond donors (Lipinski definition) is 1. The van der Waals surface area contributed by atoms with Crippen molar-refractivity contribution in [3.05, 3.63) is 29.0 Å². The van der Waals surface area contributed by atoms with Crippen LogP contribution in [0.1, 0.15) is 10.4 Å². The zero-order chi connectivity index (χ0) is 7.56. The first-order chi connectivity index (χ1) is 4.70. The first-order valence-electron chi connectivity index (χ1n) is 2.55. The van der Waals surface area contributed by atoms with Crippen molar-refractivity contribution in [2.24, 2.45) is 0 Å². The zero-order valence-electron chi connectivity index (χ0n) is 4.91. The Kier molecular flexibility index (Phi) is 2.29. The maximum Gasteiger partial charge on any atom is 0.216 e. The Morgan fingerprint density at radius 3 is 2.80 bits per heavy atom.